The summed E-state index contributed by atoms with van der Waals surface area (Å²) in [5.41, 5.74) is 4.90. The lowest BCUT2D eigenvalue weighted by molar-refractivity contribution is -0.160. The predicted molar refractivity (Wildman–Crippen MR) is 48.3 cm³/mol. The van der Waals surface area contributed by atoms with Gasteiger partial charge >= 0.3 is 11.9 Å². The SMILES string of the molecule is CC(C)(C)OC(=O)C1COC(=O)[C@@H]1N. The van der Waals surface area contributed by atoms with Crippen LogP contribution in [0, 0.1) is 5.92 Å². The molecule has 5 heteroatoms. The Balaban J connectivity index is 2.58. The Morgan fingerprint density at radius 2 is 2.14 bits per heavy atom. The van der Waals surface area contributed by atoms with Gasteiger partial charge in [-0.25, -0.2) is 0 Å². The molecule has 5 nitrogen and oxygen atoms in total. The van der Waals surface area contributed by atoms with Crippen molar-refractivity contribution in [2.24, 2.45) is 11.7 Å². The molecule has 14 heavy (non-hydrogen) atoms. The van der Waals surface area contributed by atoms with Crippen molar-refractivity contribution < 1.29 is 19.1 Å². The van der Waals surface area contributed by atoms with E-state index in [2.05, 4.69) is 4.74 Å². The van der Waals surface area contributed by atoms with E-state index in [4.69, 9.17) is 10.5 Å². The van der Waals surface area contributed by atoms with E-state index in [0.29, 0.717) is 0 Å². The molecule has 2 atom stereocenters. The minimum absolute atomic E-state index is 0.0227. The van der Waals surface area contributed by atoms with Crippen LogP contribution in [0.25, 0.3) is 0 Å². The van der Waals surface area contributed by atoms with E-state index in [1.54, 1.807) is 20.8 Å². The first-order valence-electron chi connectivity index (χ1n) is 4.46. The van der Waals surface area contributed by atoms with Crippen molar-refractivity contribution in [2.45, 2.75) is 32.4 Å². The fourth-order valence-electron chi connectivity index (χ4n) is 1.13. The Morgan fingerprint density at radius 3 is 2.50 bits per heavy atom. The quantitative estimate of drug-likeness (QED) is 0.596. The van der Waals surface area contributed by atoms with Crippen molar-refractivity contribution in [1.82, 2.24) is 0 Å². The lowest BCUT2D eigenvalue weighted by atomic mass is 10.0. The van der Waals surface area contributed by atoms with Crippen LogP contribution in [-0.2, 0) is 19.1 Å². The van der Waals surface area contributed by atoms with Gasteiger partial charge in [-0.05, 0) is 20.8 Å². The van der Waals surface area contributed by atoms with E-state index in [1.807, 2.05) is 0 Å². The molecule has 1 unspecified atom stereocenters. The number of hydrogen-bond donors (Lipinski definition) is 1. The fourth-order valence-corrected chi connectivity index (χ4v) is 1.13. The van der Waals surface area contributed by atoms with Crippen LogP contribution in [0.5, 0.6) is 0 Å². The van der Waals surface area contributed by atoms with Crippen LogP contribution in [0.3, 0.4) is 0 Å². The number of esters is 2. The highest BCUT2D eigenvalue weighted by Gasteiger charge is 2.41. The van der Waals surface area contributed by atoms with Gasteiger partial charge in [-0.2, -0.15) is 0 Å². The van der Waals surface area contributed by atoms with Crippen LogP contribution in [-0.4, -0.2) is 30.2 Å². The summed E-state index contributed by atoms with van der Waals surface area (Å²) < 4.78 is 9.74. The average molecular weight is 201 g/mol. The molecule has 0 aromatic heterocycles. The summed E-state index contributed by atoms with van der Waals surface area (Å²) >= 11 is 0. The molecule has 0 aromatic rings. The molecule has 0 amide bonds. The summed E-state index contributed by atoms with van der Waals surface area (Å²) in [7, 11) is 0. The number of ether oxygens (including phenoxy) is 2. The van der Waals surface area contributed by atoms with Gasteiger partial charge in [0.15, 0.2) is 0 Å². The Morgan fingerprint density at radius 1 is 1.57 bits per heavy atom. The molecule has 0 aliphatic carbocycles. The van der Waals surface area contributed by atoms with Crippen molar-refractivity contribution in [3.05, 3.63) is 0 Å². The molecule has 0 aromatic carbocycles. The molecule has 1 rings (SSSR count). The molecule has 1 heterocycles. The zero-order chi connectivity index (χ0) is 10.9. The highest BCUT2D eigenvalue weighted by molar-refractivity contribution is 5.87. The van der Waals surface area contributed by atoms with Gasteiger partial charge in [-0.3, -0.25) is 9.59 Å². The zero-order valence-electron chi connectivity index (χ0n) is 8.57. The van der Waals surface area contributed by atoms with E-state index in [1.165, 1.54) is 0 Å². The Hall–Kier alpha value is -1.10. The molecular formula is C9H15NO4. The van der Waals surface area contributed by atoms with Crippen LogP contribution in [0.2, 0.25) is 0 Å². The number of nitrogens with two attached hydrogens (primary N) is 1. The summed E-state index contributed by atoms with van der Waals surface area (Å²) in [6.07, 6.45) is 0. The second-order valence-electron chi connectivity index (χ2n) is 4.30. The molecule has 1 aliphatic rings. The van der Waals surface area contributed by atoms with Crippen molar-refractivity contribution in [3.63, 3.8) is 0 Å². The zero-order valence-corrected chi connectivity index (χ0v) is 8.57. The second kappa shape index (κ2) is 3.57. The van der Waals surface area contributed by atoms with Crippen LogP contribution in [0.15, 0.2) is 0 Å². The third kappa shape index (κ3) is 2.45. The van der Waals surface area contributed by atoms with Crippen molar-refractivity contribution in [2.75, 3.05) is 6.61 Å². The van der Waals surface area contributed by atoms with E-state index in [-0.39, 0.29) is 6.61 Å². The minimum atomic E-state index is -0.884. The fraction of sp³-hybridized carbons (Fsp3) is 0.778. The Bertz CT molecular complexity index is 256. The van der Waals surface area contributed by atoms with E-state index < -0.39 is 29.5 Å². The maximum atomic E-state index is 11.5. The summed E-state index contributed by atoms with van der Waals surface area (Å²) in [6, 6.07) is -0.884. The smallest absolute Gasteiger partial charge is 0.323 e. The number of carbonyl (C=O) groups excluding carboxylic acids is 2. The third-order valence-electron chi connectivity index (χ3n) is 1.82. The van der Waals surface area contributed by atoms with Gasteiger partial charge in [0.1, 0.15) is 24.2 Å². The maximum Gasteiger partial charge on any atom is 0.323 e. The number of cyclic esters (lactones) is 1. The number of carbonyl (C=O) groups is 2. The van der Waals surface area contributed by atoms with Gasteiger partial charge in [0.2, 0.25) is 0 Å². The molecule has 0 bridgehead atoms. The molecule has 80 valence electrons. The third-order valence-corrected chi connectivity index (χ3v) is 1.82. The first-order valence-corrected chi connectivity index (χ1v) is 4.46. The van der Waals surface area contributed by atoms with Crippen LogP contribution in [0.4, 0.5) is 0 Å². The van der Waals surface area contributed by atoms with E-state index >= 15 is 0 Å². The summed E-state index contributed by atoms with van der Waals surface area (Å²) in [5, 5.41) is 0. The molecule has 0 saturated carbocycles. The molecule has 0 spiro atoms. The number of rotatable bonds is 1. The molecule has 1 saturated heterocycles. The Labute approximate surface area is 82.5 Å². The van der Waals surface area contributed by atoms with Gasteiger partial charge in [0.05, 0.1) is 0 Å². The van der Waals surface area contributed by atoms with Crippen molar-refractivity contribution >= 4 is 11.9 Å². The van der Waals surface area contributed by atoms with Gasteiger partial charge < -0.3 is 15.2 Å². The minimum Gasteiger partial charge on any atom is -0.464 e. The first kappa shape index (κ1) is 11.0. The van der Waals surface area contributed by atoms with Crippen molar-refractivity contribution in [3.8, 4) is 0 Å². The van der Waals surface area contributed by atoms with Gasteiger partial charge in [0.25, 0.3) is 0 Å². The second-order valence-corrected chi connectivity index (χ2v) is 4.30. The topological polar surface area (TPSA) is 78.6 Å². The molecule has 2 N–H and O–H groups in total. The van der Waals surface area contributed by atoms with E-state index in [0.717, 1.165) is 0 Å². The van der Waals surface area contributed by atoms with Crippen molar-refractivity contribution in [1.29, 1.82) is 0 Å². The Kier molecular flexibility index (Phi) is 2.80. The van der Waals surface area contributed by atoms with Gasteiger partial charge in [0, 0.05) is 0 Å². The first-order chi connectivity index (χ1) is 6.31. The van der Waals surface area contributed by atoms with Gasteiger partial charge in [-0.1, -0.05) is 0 Å². The monoisotopic (exact) mass is 201 g/mol. The normalized spacial score (nSPS) is 27.3. The molecule has 1 aliphatic heterocycles. The number of hydrogen-bond acceptors (Lipinski definition) is 5. The lowest BCUT2D eigenvalue weighted by Gasteiger charge is -2.22. The van der Waals surface area contributed by atoms with Crippen LogP contribution >= 0.6 is 0 Å². The summed E-state index contributed by atoms with van der Waals surface area (Å²) in [6.45, 7) is 5.30. The van der Waals surface area contributed by atoms with E-state index in [9.17, 15) is 9.59 Å². The maximum absolute atomic E-state index is 11.5. The molecule has 1 fully saturated rings. The predicted octanol–water partition coefficient (Wildman–Crippen LogP) is -0.172. The summed E-state index contributed by atoms with van der Waals surface area (Å²) in [5.74, 6) is -1.68. The lowest BCUT2D eigenvalue weighted by Crippen LogP contribution is -2.40. The van der Waals surface area contributed by atoms with Crippen LogP contribution in [0.1, 0.15) is 20.8 Å². The highest BCUT2D eigenvalue weighted by Crippen LogP contribution is 2.18. The van der Waals surface area contributed by atoms with Crippen LogP contribution < -0.4 is 5.73 Å². The molecule has 0 radical (unpaired) electrons. The largest absolute Gasteiger partial charge is 0.464 e. The summed E-state index contributed by atoms with van der Waals surface area (Å²) in [4.78, 5) is 22.4. The molecular weight excluding hydrogens is 186 g/mol. The highest BCUT2D eigenvalue weighted by atomic mass is 16.6. The van der Waals surface area contributed by atoms with Gasteiger partial charge in [-0.15, -0.1) is 0 Å². The standard InChI is InChI=1S/C9H15NO4/c1-9(2,3)14-7(11)5-4-13-8(12)6(5)10/h5-6H,4,10H2,1-3H3/t5?,6-/m1/s1. The average Bonchev–Trinajstić information content (AvgIpc) is 2.29.